The number of rotatable bonds is 8. The first kappa shape index (κ1) is 27.8. The summed E-state index contributed by atoms with van der Waals surface area (Å²) in [4.78, 5) is 24.5. The van der Waals surface area contributed by atoms with Crippen molar-refractivity contribution in [1.82, 2.24) is 19.8 Å². The molecule has 0 radical (unpaired) electrons. The maximum Gasteiger partial charge on any atom is 0.573 e. The maximum atomic E-state index is 12.7. The molecule has 0 bridgehead atoms. The highest BCUT2D eigenvalue weighted by atomic mass is 19.4. The van der Waals surface area contributed by atoms with Crippen LogP contribution in [0.4, 0.5) is 30.6 Å². The molecule has 1 aliphatic carbocycles. The Labute approximate surface area is 219 Å². The number of anilines is 2. The lowest BCUT2D eigenvalue weighted by Gasteiger charge is -2.36. The number of halogens is 3. The Kier molecular flexibility index (Phi) is 8.87. The fourth-order valence-corrected chi connectivity index (χ4v) is 5.41. The standard InChI is InChI=1S/C25H34F3N7O3/c1-33-11-4-12-34(14-13-33)19-9-7-17(8-10-19)15-20-22(35(36)37)23(29)32-24(31-20)30-16-18-5-2-3-6-21(18)38-25(26,27)28/h2-3,5-6,17,19H,4,7-16H2,1H3,(H3,29,30,31,32). The second-order valence-corrected chi connectivity index (χ2v) is 10.1. The SMILES string of the molecule is CN1CCCN(C2CCC(Cc3nc(NCc4ccccc4OC(F)(F)F)nc(N)c3[N+](=O)[O-])CC2)CC1. The first-order valence-electron chi connectivity index (χ1n) is 12.9. The average Bonchev–Trinajstić information content (AvgIpc) is 3.07. The van der Waals surface area contributed by atoms with Gasteiger partial charge in [0.15, 0.2) is 0 Å². The van der Waals surface area contributed by atoms with Crippen molar-refractivity contribution < 1.29 is 22.8 Å². The summed E-state index contributed by atoms with van der Waals surface area (Å²) in [5, 5.41) is 14.6. The van der Waals surface area contributed by atoms with E-state index >= 15 is 0 Å². The molecule has 2 heterocycles. The van der Waals surface area contributed by atoms with E-state index in [9.17, 15) is 23.3 Å². The lowest BCUT2D eigenvalue weighted by molar-refractivity contribution is -0.385. The van der Waals surface area contributed by atoms with Crippen LogP contribution in [0, 0.1) is 16.0 Å². The van der Waals surface area contributed by atoms with E-state index in [4.69, 9.17) is 5.73 Å². The molecule has 4 rings (SSSR count). The average molecular weight is 538 g/mol. The summed E-state index contributed by atoms with van der Waals surface area (Å²) in [5.41, 5.74) is 6.10. The van der Waals surface area contributed by atoms with E-state index in [-0.39, 0.29) is 46.9 Å². The van der Waals surface area contributed by atoms with E-state index in [1.165, 1.54) is 18.2 Å². The molecule has 3 N–H and O–H groups in total. The molecule has 13 heteroatoms. The third kappa shape index (κ3) is 7.44. The number of aromatic nitrogens is 2. The molecule has 0 unspecified atom stereocenters. The van der Waals surface area contributed by atoms with E-state index in [0.29, 0.717) is 12.5 Å². The summed E-state index contributed by atoms with van der Waals surface area (Å²) in [7, 11) is 2.15. The van der Waals surface area contributed by atoms with Crippen molar-refractivity contribution in [3.8, 4) is 5.75 Å². The highest BCUT2D eigenvalue weighted by Crippen LogP contribution is 2.34. The predicted molar refractivity (Wildman–Crippen MR) is 137 cm³/mol. The number of nitrogens with zero attached hydrogens (tertiary/aromatic N) is 5. The lowest BCUT2D eigenvalue weighted by Crippen LogP contribution is -2.40. The first-order valence-corrected chi connectivity index (χ1v) is 12.9. The molecule has 10 nitrogen and oxygen atoms in total. The summed E-state index contributed by atoms with van der Waals surface area (Å²) >= 11 is 0. The number of para-hydroxylation sites is 1. The largest absolute Gasteiger partial charge is 0.573 e. The van der Waals surface area contributed by atoms with Crippen LogP contribution < -0.4 is 15.8 Å². The molecule has 0 atom stereocenters. The van der Waals surface area contributed by atoms with Gasteiger partial charge in [0, 0.05) is 31.2 Å². The van der Waals surface area contributed by atoms with Crippen LogP contribution in [0.3, 0.4) is 0 Å². The van der Waals surface area contributed by atoms with Gasteiger partial charge in [-0.3, -0.25) is 15.0 Å². The number of hydrogen-bond acceptors (Lipinski definition) is 9. The normalized spacial score (nSPS) is 21.6. The van der Waals surface area contributed by atoms with Crippen molar-refractivity contribution in [2.45, 2.75) is 57.5 Å². The number of hydrogen-bond donors (Lipinski definition) is 2. The number of likely N-dealkylation sites (N-methyl/N-ethyl adjacent to an activating group) is 1. The van der Waals surface area contributed by atoms with Gasteiger partial charge in [-0.05, 0) is 70.6 Å². The highest BCUT2D eigenvalue weighted by Gasteiger charge is 2.33. The number of nitrogens with two attached hydrogens (primary N) is 1. The van der Waals surface area contributed by atoms with Crippen LogP contribution in [-0.2, 0) is 13.0 Å². The fraction of sp³-hybridized carbons (Fsp3) is 0.600. The molecular formula is C25H34F3N7O3. The molecule has 1 saturated heterocycles. The van der Waals surface area contributed by atoms with Gasteiger partial charge in [0.1, 0.15) is 11.4 Å². The molecule has 0 spiro atoms. The fourth-order valence-electron chi connectivity index (χ4n) is 5.41. The van der Waals surface area contributed by atoms with Gasteiger partial charge < -0.3 is 20.7 Å². The second kappa shape index (κ2) is 12.1. The molecule has 208 valence electrons. The third-order valence-electron chi connectivity index (χ3n) is 7.37. The van der Waals surface area contributed by atoms with Gasteiger partial charge in [0.2, 0.25) is 11.8 Å². The van der Waals surface area contributed by atoms with Gasteiger partial charge in [0.05, 0.1) is 4.92 Å². The minimum Gasteiger partial charge on any atom is -0.405 e. The second-order valence-electron chi connectivity index (χ2n) is 10.1. The smallest absolute Gasteiger partial charge is 0.405 e. The van der Waals surface area contributed by atoms with Crippen molar-refractivity contribution in [1.29, 1.82) is 0 Å². The van der Waals surface area contributed by atoms with E-state index in [1.807, 2.05) is 0 Å². The molecule has 1 aromatic carbocycles. The topological polar surface area (TPSA) is 123 Å². The maximum absolute atomic E-state index is 12.7. The predicted octanol–water partition coefficient (Wildman–Crippen LogP) is 4.22. The Morgan fingerprint density at radius 1 is 1.13 bits per heavy atom. The summed E-state index contributed by atoms with van der Waals surface area (Å²) in [6.07, 6.45) is 0.645. The molecule has 1 aliphatic heterocycles. The van der Waals surface area contributed by atoms with E-state index in [1.54, 1.807) is 6.07 Å². The number of nitro groups is 1. The molecule has 0 amide bonds. The zero-order chi connectivity index (χ0) is 27.3. The number of nitrogens with one attached hydrogen (secondary N) is 1. The van der Waals surface area contributed by atoms with Crippen molar-refractivity contribution in [2.75, 3.05) is 44.3 Å². The molecule has 1 aromatic heterocycles. The molecule has 38 heavy (non-hydrogen) atoms. The van der Waals surface area contributed by atoms with Crippen LogP contribution in [0.15, 0.2) is 24.3 Å². The van der Waals surface area contributed by atoms with Crippen LogP contribution in [-0.4, -0.2) is 70.3 Å². The molecule has 2 fully saturated rings. The van der Waals surface area contributed by atoms with Crippen LogP contribution in [0.5, 0.6) is 5.75 Å². The molecule has 2 aliphatic rings. The number of nitrogen functional groups attached to an aromatic ring is 1. The van der Waals surface area contributed by atoms with Gasteiger partial charge in [-0.1, -0.05) is 18.2 Å². The minimum absolute atomic E-state index is 0.0206. The summed E-state index contributed by atoms with van der Waals surface area (Å²) in [6, 6.07) is 6.23. The van der Waals surface area contributed by atoms with Crippen LogP contribution in [0.1, 0.15) is 43.4 Å². The zero-order valence-corrected chi connectivity index (χ0v) is 21.4. The van der Waals surface area contributed by atoms with Crippen molar-refractivity contribution in [3.05, 3.63) is 45.6 Å². The van der Waals surface area contributed by atoms with Gasteiger partial charge in [-0.2, -0.15) is 4.98 Å². The Balaban J connectivity index is 1.43. The first-order chi connectivity index (χ1) is 18.1. The van der Waals surface area contributed by atoms with Gasteiger partial charge in [0.25, 0.3) is 0 Å². The van der Waals surface area contributed by atoms with E-state index < -0.39 is 11.3 Å². The van der Waals surface area contributed by atoms with Crippen LogP contribution >= 0.6 is 0 Å². The molecule has 2 aromatic rings. The minimum atomic E-state index is -4.83. The van der Waals surface area contributed by atoms with Crippen LogP contribution in [0.2, 0.25) is 0 Å². The Morgan fingerprint density at radius 3 is 2.58 bits per heavy atom. The highest BCUT2D eigenvalue weighted by molar-refractivity contribution is 5.58. The van der Waals surface area contributed by atoms with Gasteiger partial charge in [-0.25, -0.2) is 4.98 Å². The number of benzene rings is 1. The van der Waals surface area contributed by atoms with Crippen molar-refractivity contribution in [2.24, 2.45) is 5.92 Å². The van der Waals surface area contributed by atoms with E-state index in [0.717, 1.165) is 58.3 Å². The summed E-state index contributed by atoms with van der Waals surface area (Å²) < 4.78 is 42.3. The van der Waals surface area contributed by atoms with Gasteiger partial charge >= 0.3 is 12.0 Å². The quantitative estimate of drug-likeness (QED) is 0.376. The lowest BCUT2D eigenvalue weighted by atomic mass is 9.82. The molecule has 1 saturated carbocycles. The van der Waals surface area contributed by atoms with Crippen molar-refractivity contribution >= 4 is 17.5 Å². The van der Waals surface area contributed by atoms with E-state index in [2.05, 4.69) is 36.9 Å². The Hall–Kier alpha value is -3.19. The number of ether oxygens (including phenoxy) is 1. The number of alkyl halides is 3. The van der Waals surface area contributed by atoms with Crippen molar-refractivity contribution in [3.63, 3.8) is 0 Å². The monoisotopic (exact) mass is 537 g/mol. The molecular weight excluding hydrogens is 503 g/mol. The summed E-state index contributed by atoms with van der Waals surface area (Å²) in [5.74, 6) is -0.380. The van der Waals surface area contributed by atoms with Gasteiger partial charge in [-0.15, -0.1) is 13.2 Å². The summed E-state index contributed by atoms with van der Waals surface area (Å²) in [6.45, 7) is 4.25. The Morgan fingerprint density at radius 2 is 1.87 bits per heavy atom. The Bertz CT molecular complexity index is 1110. The zero-order valence-electron chi connectivity index (χ0n) is 21.4. The van der Waals surface area contributed by atoms with Crippen LogP contribution in [0.25, 0.3) is 0 Å². The third-order valence-corrected chi connectivity index (χ3v) is 7.37.